The lowest BCUT2D eigenvalue weighted by Crippen LogP contribution is -2.46. The summed E-state index contributed by atoms with van der Waals surface area (Å²) in [6, 6.07) is 5.59. The van der Waals surface area contributed by atoms with Crippen LogP contribution < -0.4 is 0 Å². The fourth-order valence-corrected chi connectivity index (χ4v) is 3.20. The lowest BCUT2D eigenvalue weighted by atomic mass is 9.71. The number of esters is 1. The van der Waals surface area contributed by atoms with E-state index in [9.17, 15) is 14.9 Å². The van der Waals surface area contributed by atoms with Gasteiger partial charge in [-0.3, -0.25) is 10.1 Å². The molecule has 2 aliphatic rings. The second-order valence-electron chi connectivity index (χ2n) is 5.39. The Kier molecular flexibility index (Phi) is 2.77. The Morgan fingerprint density at radius 3 is 2.53 bits per heavy atom. The molecular formula is C14H15NO4. The maximum atomic E-state index is 12.1. The average Bonchev–Trinajstić information content (AvgIpc) is 2.66. The number of hydrogen-bond donors (Lipinski definition) is 0. The molecule has 0 radical (unpaired) electrons. The van der Waals surface area contributed by atoms with Gasteiger partial charge < -0.3 is 4.74 Å². The molecule has 0 heterocycles. The molecule has 0 N–H and O–H groups in total. The molecule has 1 aromatic rings. The number of hydrogen-bond acceptors (Lipinski definition) is 4. The molecule has 100 valence electrons. The Bertz CT molecular complexity index is 525. The minimum absolute atomic E-state index is 0.0166. The van der Waals surface area contributed by atoms with Gasteiger partial charge in [0.25, 0.3) is 5.69 Å². The fourth-order valence-electron chi connectivity index (χ4n) is 3.20. The number of fused-ring (bicyclic) bond motifs is 1. The first-order chi connectivity index (χ1) is 9.11. The average molecular weight is 261 g/mol. The first-order valence-electron chi connectivity index (χ1n) is 6.58. The van der Waals surface area contributed by atoms with E-state index < -0.39 is 4.92 Å². The van der Waals surface area contributed by atoms with Crippen molar-refractivity contribution >= 4 is 11.7 Å². The van der Waals surface area contributed by atoms with E-state index >= 15 is 0 Å². The molecule has 5 nitrogen and oxygen atoms in total. The molecule has 0 aliphatic heterocycles. The Morgan fingerprint density at radius 2 is 2.00 bits per heavy atom. The molecule has 1 aromatic carbocycles. The smallest absolute Gasteiger partial charge is 0.338 e. The number of nitro benzene ring substituents is 1. The number of rotatable bonds is 3. The van der Waals surface area contributed by atoms with Crippen molar-refractivity contribution in [1.29, 1.82) is 0 Å². The fraction of sp³-hybridized carbons (Fsp3) is 0.500. The zero-order chi connectivity index (χ0) is 13.5. The lowest BCUT2D eigenvalue weighted by molar-refractivity contribution is -0.384. The summed E-state index contributed by atoms with van der Waals surface area (Å²) >= 11 is 0. The Morgan fingerprint density at radius 1 is 1.26 bits per heavy atom. The van der Waals surface area contributed by atoms with Crippen molar-refractivity contribution < 1.29 is 14.5 Å². The largest absolute Gasteiger partial charge is 0.455 e. The number of nitro groups is 1. The summed E-state index contributed by atoms with van der Waals surface area (Å²) in [4.78, 5) is 22.1. The van der Waals surface area contributed by atoms with Crippen LogP contribution >= 0.6 is 0 Å². The van der Waals surface area contributed by atoms with Gasteiger partial charge in [-0.05, 0) is 50.2 Å². The van der Waals surface area contributed by atoms with Gasteiger partial charge in [0.2, 0.25) is 0 Å². The van der Waals surface area contributed by atoms with Crippen molar-refractivity contribution in [1.82, 2.24) is 0 Å². The Labute approximate surface area is 110 Å². The van der Waals surface area contributed by atoms with Crippen molar-refractivity contribution in [3.8, 4) is 0 Å². The number of carbonyl (C=O) groups is 1. The quantitative estimate of drug-likeness (QED) is 0.476. The number of carbonyl (C=O) groups excluding carboxylic acids is 1. The second kappa shape index (κ2) is 4.33. The third-order valence-corrected chi connectivity index (χ3v) is 4.42. The van der Waals surface area contributed by atoms with Gasteiger partial charge in [-0.15, -0.1) is 0 Å². The number of nitrogens with zero attached hydrogens (tertiary/aromatic N) is 1. The van der Waals surface area contributed by atoms with E-state index in [4.69, 9.17) is 4.74 Å². The molecule has 19 heavy (non-hydrogen) atoms. The molecule has 2 aliphatic carbocycles. The predicted molar refractivity (Wildman–Crippen MR) is 67.8 cm³/mol. The van der Waals surface area contributed by atoms with Crippen molar-refractivity contribution in [2.45, 2.75) is 37.7 Å². The van der Waals surface area contributed by atoms with Crippen LogP contribution in [0.4, 0.5) is 5.69 Å². The van der Waals surface area contributed by atoms with Crippen molar-refractivity contribution in [2.75, 3.05) is 0 Å². The molecule has 2 saturated carbocycles. The van der Waals surface area contributed by atoms with E-state index in [1.807, 2.05) is 0 Å². The van der Waals surface area contributed by atoms with Crippen molar-refractivity contribution in [3.63, 3.8) is 0 Å². The minimum Gasteiger partial charge on any atom is -0.455 e. The molecule has 0 amide bonds. The Hall–Kier alpha value is -1.91. The van der Waals surface area contributed by atoms with Crippen LogP contribution in [0.15, 0.2) is 24.3 Å². The standard InChI is InChI=1S/C14H15NO4/c16-13(10-3-5-12(6-4-10)15(17)18)19-14-8-1-2-11(14)7-9-14/h3-6,11H,1-2,7-9H2. The van der Waals surface area contributed by atoms with Gasteiger partial charge in [-0.25, -0.2) is 4.79 Å². The monoisotopic (exact) mass is 261 g/mol. The van der Waals surface area contributed by atoms with Gasteiger partial charge >= 0.3 is 5.97 Å². The zero-order valence-electron chi connectivity index (χ0n) is 10.5. The van der Waals surface area contributed by atoms with Crippen molar-refractivity contribution in [3.05, 3.63) is 39.9 Å². The van der Waals surface area contributed by atoms with E-state index in [-0.39, 0.29) is 17.3 Å². The summed E-state index contributed by atoms with van der Waals surface area (Å²) in [7, 11) is 0. The van der Waals surface area contributed by atoms with Crippen LogP contribution in [0.1, 0.15) is 42.5 Å². The van der Waals surface area contributed by atoms with Crippen LogP contribution in [0.2, 0.25) is 0 Å². The van der Waals surface area contributed by atoms with Crippen LogP contribution in [0.3, 0.4) is 0 Å². The molecule has 0 spiro atoms. The van der Waals surface area contributed by atoms with Gasteiger partial charge in [-0.1, -0.05) is 0 Å². The van der Waals surface area contributed by atoms with E-state index in [1.165, 1.54) is 24.3 Å². The molecule has 2 fully saturated rings. The first kappa shape index (κ1) is 12.1. The summed E-state index contributed by atoms with van der Waals surface area (Å²) in [6.07, 6.45) is 5.33. The number of non-ortho nitro benzene ring substituents is 1. The summed E-state index contributed by atoms with van der Waals surface area (Å²) in [6.45, 7) is 0. The molecule has 2 atom stereocenters. The number of ether oxygens (including phenoxy) is 1. The Balaban J connectivity index is 1.72. The third-order valence-electron chi connectivity index (χ3n) is 4.42. The predicted octanol–water partition coefficient (Wildman–Crippen LogP) is 3.08. The van der Waals surface area contributed by atoms with Gasteiger partial charge in [0.1, 0.15) is 5.60 Å². The molecular weight excluding hydrogens is 246 g/mol. The summed E-state index contributed by atoms with van der Waals surface area (Å²) in [5.41, 5.74) is 0.133. The maximum Gasteiger partial charge on any atom is 0.338 e. The van der Waals surface area contributed by atoms with Crippen LogP contribution in [-0.4, -0.2) is 16.5 Å². The van der Waals surface area contributed by atoms with Crippen LogP contribution in [0, 0.1) is 16.0 Å². The minimum atomic E-state index is -0.479. The number of benzene rings is 1. The summed E-state index contributed by atoms with van der Waals surface area (Å²) < 4.78 is 5.68. The summed E-state index contributed by atoms with van der Waals surface area (Å²) in [5.74, 6) is 0.163. The molecule has 3 rings (SSSR count). The van der Waals surface area contributed by atoms with Crippen LogP contribution in [0.5, 0.6) is 0 Å². The van der Waals surface area contributed by atoms with Gasteiger partial charge in [0, 0.05) is 12.1 Å². The van der Waals surface area contributed by atoms with Crippen LogP contribution in [-0.2, 0) is 4.74 Å². The highest BCUT2D eigenvalue weighted by Gasteiger charge is 2.52. The molecule has 0 saturated heterocycles. The zero-order valence-corrected chi connectivity index (χ0v) is 10.5. The third kappa shape index (κ3) is 1.99. The topological polar surface area (TPSA) is 69.4 Å². The molecule has 2 unspecified atom stereocenters. The summed E-state index contributed by atoms with van der Waals surface area (Å²) in [5, 5.41) is 10.6. The normalized spacial score (nSPS) is 28.3. The van der Waals surface area contributed by atoms with Crippen LogP contribution in [0.25, 0.3) is 0 Å². The maximum absolute atomic E-state index is 12.1. The van der Waals surface area contributed by atoms with Gasteiger partial charge in [-0.2, -0.15) is 0 Å². The highest BCUT2D eigenvalue weighted by atomic mass is 16.6. The highest BCUT2D eigenvalue weighted by molar-refractivity contribution is 5.90. The first-order valence-corrected chi connectivity index (χ1v) is 6.58. The van der Waals surface area contributed by atoms with Gasteiger partial charge in [0.15, 0.2) is 0 Å². The molecule has 5 heteroatoms. The van der Waals surface area contributed by atoms with E-state index in [1.54, 1.807) is 0 Å². The highest BCUT2D eigenvalue weighted by Crippen LogP contribution is 2.53. The van der Waals surface area contributed by atoms with E-state index in [0.717, 1.165) is 32.1 Å². The molecule has 0 aromatic heterocycles. The second-order valence-corrected chi connectivity index (χ2v) is 5.39. The van der Waals surface area contributed by atoms with E-state index in [0.29, 0.717) is 11.5 Å². The van der Waals surface area contributed by atoms with Crippen molar-refractivity contribution in [2.24, 2.45) is 5.92 Å². The molecule has 0 bridgehead atoms. The van der Waals surface area contributed by atoms with E-state index in [2.05, 4.69) is 0 Å². The SMILES string of the molecule is O=C(OC12CCCC1CC2)c1ccc([N+](=O)[O-])cc1. The lowest BCUT2D eigenvalue weighted by Gasteiger charge is -2.44. The van der Waals surface area contributed by atoms with Gasteiger partial charge in [0.05, 0.1) is 10.5 Å².